The van der Waals surface area contributed by atoms with Gasteiger partial charge in [-0.2, -0.15) is 0 Å². The monoisotopic (exact) mass is 470 g/mol. The van der Waals surface area contributed by atoms with Crippen LogP contribution in [0.1, 0.15) is 32.4 Å². The normalized spacial score (nSPS) is 19.9. The Morgan fingerprint density at radius 3 is 2.64 bits per heavy atom. The van der Waals surface area contributed by atoms with Gasteiger partial charge in [0.25, 0.3) is 0 Å². The number of esters is 1. The van der Waals surface area contributed by atoms with Crippen molar-refractivity contribution in [1.29, 1.82) is 0 Å². The molecule has 1 fully saturated rings. The highest BCUT2D eigenvalue weighted by Crippen LogP contribution is 2.41. The Bertz CT molecular complexity index is 814. The molecule has 2 rings (SSSR count). The molecule has 1 aromatic carbocycles. The van der Waals surface area contributed by atoms with Gasteiger partial charge >= 0.3 is 5.97 Å². The van der Waals surface area contributed by atoms with Crippen molar-refractivity contribution in [2.75, 3.05) is 13.7 Å². The predicted octanol–water partition coefficient (Wildman–Crippen LogP) is 3.03. The van der Waals surface area contributed by atoms with Crippen molar-refractivity contribution in [1.82, 2.24) is 10.6 Å². The van der Waals surface area contributed by atoms with Gasteiger partial charge in [-0.1, -0.05) is 6.58 Å². The van der Waals surface area contributed by atoms with Gasteiger partial charge in [0.1, 0.15) is 5.78 Å². The van der Waals surface area contributed by atoms with Crippen molar-refractivity contribution < 1.29 is 23.8 Å². The first-order valence-corrected chi connectivity index (χ1v) is 9.87. The first-order valence-electron chi connectivity index (χ1n) is 8.67. The van der Waals surface area contributed by atoms with Gasteiger partial charge in [-0.15, -0.1) is 0 Å². The van der Waals surface area contributed by atoms with E-state index in [0.717, 1.165) is 5.56 Å². The zero-order valence-corrected chi connectivity index (χ0v) is 18.5. The van der Waals surface area contributed by atoms with Gasteiger partial charge < -0.3 is 24.8 Å². The number of Topliss-reactive ketones (excluding diaryl/α,β-unsaturated/α-hetero) is 1. The number of carbonyl (C=O) groups is 2. The zero-order valence-electron chi connectivity index (χ0n) is 16.1. The minimum absolute atomic E-state index is 0.0520. The number of ether oxygens (including phenoxy) is 3. The molecule has 28 heavy (non-hydrogen) atoms. The lowest BCUT2D eigenvalue weighted by atomic mass is 9.86. The molecule has 3 atom stereocenters. The summed E-state index contributed by atoms with van der Waals surface area (Å²) >= 11 is 8.68. The van der Waals surface area contributed by atoms with E-state index in [1.54, 1.807) is 26.0 Å². The number of nitrogens with one attached hydrogen (secondary N) is 2. The van der Waals surface area contributed by atoms with Crippen LogP contribution in [0, 0.1) is 5.92 Å². The number of thiocarbonyl (C=S) groups is 1. The minimum atomic E-state index is -0.815. The van der Waals surface area contributed by atoms with Gasteiger partial charge in [0, 0.05) is 5.70 Å². The van der Waals surface area contributed by atoms with Crippen molar-refractivity contribution in [3.63, 3.8) is 0 Å². The van der Waals surface area contributed by atoms with Crippen LogP contribution in [0.25, 0.3) is 0 Å². The van der Waals surface area contributed by atoms with Crippen LogP contribution < -0.4 is 20.1 Å². The summed E-state index contributed by atoms with van der Waals surface area (Å²) in [5.74, 6) is -0.266. The highest BCUT2D eigenvalue weighted by Gasteiger charge is 2.35. The Morgan fingerprint density at radius 1 is 1.39 bits per heavy atom. The molecule has 0 unspecified atom stereocenters. The lowest BCUT2D eigenvalue weighted by Gasteiger charge is -2.35. The van der Waals surface area contributed by atoms with Gasteiger partial charge in [0.15, 0.2) is 22.7 Å². The fourth-order valence-corrected chi connectivity index (χ4v) is 3.77. The molecule has 1 saturated heterocycles. The van der Waals surface area contributed by atoms with E-state index in [1.807, 2.05) is 0 Å². The number of rotatable bonds is 7. The first-order chi connectivity index (χ1) is 13.2. The molecule has 0 saturated carbocycles. The fourth-order valence-electron chi connectivity index (χ4n) is 2.96. The molecule has 9 heteroatoms. The molecule has 0 bridgehead atoms. The Kier molecular flexibility index (Phi) is 7.42. The molecule has 1 aliphatic heterocycles. The highest BCUT2D eigenvalue weighted by molar-refractivity contribution is 9.10. The Hall–Kier alpha value is -2.13. The van der Waals surface area contributed by atoms with E-state index in [0.29, 0.717) is 26.8 Å². The number of carbonyl (C=O) groups excluding carboxylic acids is 2. The van der Waals surface area contributed by atoms with Crippen LogP contribution in [0.4, 0.5) is 0 Å². The summed E-state index contributed by atoms with van der Waals surface area (Å²) in [7, 11) is 1.50. The number of ketones is 1. The predicted molar refractivity (Wildman–Crippen MR) is 112 cm³/mol. The van der Waals surface area contributed by atoms with Gasteiger partial charge in [-0.25, -0.2) is 4.79 Å². The van der Waals surface area contributed by atoms with Gasteiger partial charge in [-0.05, 0) is 66.6 Å². The van der Waals surface area contributed by atoms with Gasteiger partial charge in [0.2, 0.25) is 0 Å². The van der Waals surface area contributed by atoms with E-state index in [9.17, 15) is 9.59 Å². The van der Waals surface area contributed by atoms with Gasteiger partial charge in [0.05, 0.1) is 30.1 Å². The van der Waals surface area contributed by atoms with E-state index in [4.69, 9.17) is 26.4 Å². The van der Waals surface area contributed by atoms with Crippen molar-refractivity contribution in [3.05, 3.63) is 34.4 Å². The largest absolute Gasteiger partial charge is 0.493 e. The molecular weight excluding hydrogens is 448 g/mol. The van der Waals surface area contributed by atoms with E-state index < -0.39 is 24.0 Å². The summed E-state index contributed by atoms with van der Waals surface area (Å²) in [4.78, 5) is 24.1. The van der Waals surface area contributed by atoms with Crippen molar-refractivity contribution in [3.8, 4) is 11.5 Å². The second-order valence-corrected chi connectivity index (χ2v) is 7.50. The van der Waals surface area contributed by atoms with Crippen LogP contribution >= 0.6 is 28.1 Å². The first kappa shape index (κ1) is 22.2. The number of halogens is 1. The molecule has 152 valence electrons. The van der Waals surface area contributed by atoms with Crippen molar-refractivity contribution in [2.45, 2.75) is 32.9 Å². The summed E-state index contributed by atoms with van der Waals surface area (Å²) in [5, 5.41) is 6.40. The molecule has 0 radical (unpaired) electrons. The number of hydrogen-bond acceptors (Lipinski definition) is 6. The summed E-state index contributed by atoms with van der Waals surface area (Å²) < 4.78 is 16.7. The second kappa shape index (κ2) is 9.38. The van der Waals surface area contributed by atoms with Gasteiger partial charge in [-0.3, -0.25) is 4.79 Å². The third-order valence-electron chi connectivity index (χ3n) is 4.23. The third-order valence-corrected chi connectivity index (χ3v) is 5.04. The SMILES string of the molecule is C=C1NC(=S)N[C@@H](c2cc(Br)c(O[C@H](C)C(=O)OCC)c(OC)c2)[C@@H]1C(C)=O. The molecule has 1 heterocycles. The van der Waals surface area contributed by atoms with E-state index >= 15 is 0 Å². The maximum absolute atomic E-state index is 12.2. The van der Waals surface area contributed by atoms with Crippen LogP contribution in [0.15, 0.2) is 28.9 Å². The topological polar surface area (TPSA) is 85.9 Å². The molecule has 0 aliphatic carbocycles. The Labute approximate surface area is 177 Å². The average Bonchev–Trinajstić information content (AvgIpc) is 2.62. The van der Waals surface area contributed by atoms with E-state index in [1.165, 1.54) is 14.0 Å². The fraction of sp³-hybridized carbons (Fsp3) is 0.421. The highest BCUT2D eigenvalue weighted by atomic mass is 79.9. The molecule has 2 N–H and O–H groups in total. The molecule has 0 amide bonds. The quantitative estimate of drug-likeness (QED) is 0.464. The number of methoxy groups -OCH3 is 1. The third kappa shape index (κ3) is 4.82. The lowest BCUT2D eigenvalue weighted by Crippen LogP contribution is -2.50. The van der Waals surface area contributed by atoms with Crippen LogP contribution in [0.3, 0.4) is 0 Å². The molecule has 1 aromatic rings. The molecule has 0 aromatic heterocycles. The summed E-state index contributed by atoms with van der Waals surface area (Å²) in [5.41, 5.74) is 1.29. The van der Waals surface area contributed by atoms with Crippen LogP contribution in [-0.2, 0) is 14.3 Å². The van der Waals surface area contributed by atoms with Crippen molar-refractivity contribution >= 4 is 45.0 Å². The van der Waals surface area contributed by atoms with E-state index in [2.05, 4.69) is 33.1 Å². The average molecular weight is 471 g/mol. The zero-order chi connectivity index (χ0) is 21.0. The number of benzene rings is 1. The number of hydrogen-bond donors (Lipinski definition) is 2. The maximum atomic E-state index is 12.2. The second-order valence-electron chi connectivity index (χ2n) is 6.24. The summed E-state index contributed by atoms with van der Waals surface area (Å²) in [6.45, 7) is 9.02. The summed E-state index contributed by atoms with van der Waals surface area (Å²) in [6.07, 6.45) is -0.815. The summed E-state index contributed by atoms with van der Waals surface area (Å²) in [6, 6.07) is 3.12. The van der Waals surface area contributed by atoms with Crippen LogP contribution in [-0.4, -0.2) is 36.7 Å². The van der Waals surface area contributed by atoms with E-state index in [-0.39, 0.29) is 12.4 Å². The lowest BCUT2D eigenvalue weighted by molar-refractivity contribution is -0.150. The van der Waals surface area contributed by atoms with Crippen molar-refractivity contribution in [2.24, 2.45) is 5.92 Å². The Balaban J connectivity index is 2.41. The molecule has 0 spiro atoms. The molecule has 1 aliphatic rings. The standard InChI is InChI=1S/C19H23BrN2O5S/c1-6-26-18(24)11(4)27-17-13(20)7-12(8-14(17)25-5)16-15(10(3)23)9(2)21-19(28)22-16/h7-8,11,15-16H,2,6H2,1,3-5H3,(H2,21,22,28)/t11-,15+,16+/m1/s1. The smallest absolute Gasteiger partial charge is 0.347 e. The molecule has 7 nitrogen and oxygen atoms in total. The minimum Gasteiger partial charge on any atom is -0.493 e. The molecular formula is C19H23BrN2O5S. The van der Waals surface area contributed by atoms with Crippen LogP contribution in [0.5, 0.6) is 11.5 Å². The van der Waals surface area contributed by atoms with Crippen LogP contribution in [0.2, 0.25) is 0 Å². The maximum Gasteiger partial charge on any atom is 0.347 e. The Morgan fingerprint density at radius 2 is 2.07 bits per heavy atom.